The Morgan fingerprint density at radius 1 is 0.943 bits per heavy atom. The zero-order valence-electron chi connectivity index (χ0n) is 19.2. The van der Waals surface area contributed by atoms with Gasteiger partial charge < -0.3 is 9.47 Å². The highest BCUT2D eigenvalue weighted by Gasteiger charge is 2.37. The third-order valence-corrected chi connectivity index (χ3v) is 7.34. The smallest absolute Gasteiger partial charge is 0.285 e. The van der Waals surface area contributed by atoms with Crippen LogP contribution in [0.4, 0.5) is 4.39 Å². The van der Waals surface area contributed by atoms with Crippen LogP contribution in [-0.4, -0.2) is 37.2 Å². The molecule has 2 aliphatic heterocycles. The summed E-state index contributed by atoms with van der Waals surface area (Å²) in [4.78, 5) is 32.1. The van der Waals surface area contributed by atoms with Crippen LogP contribution in [0.2, 0.25) is 0 Å². The summed E-state index contributed by atoms with van der Waals surface area (Å²) in [6.07, 6.45) is 1.36. The molecule has 3 aromatic carbocycles. The number of halogens is 1. The van der Waals surface area contributed by atoms with E-state index in [9.17, 15) is 14.0 Å². The Morgan fingerprint density at radius 2 is 1.60 bits per heavy atom. The minimum atomic E-state index is -0.541. The van der Waals surface area contributed by atoms with Crippen molar-refractivity contribution in [3.8, 4) is 0 Å². The first-order valence-electron chi connectivity index (χ1n) is 11.3. The van der Waals surface area contributed by atoms with Gasteiger partial charge in [-0.1, -0.05) is 36.0 Å². The number of hydrogen-bond donors (Lipinski definition) is 0. The summed E-state index contributed by atoms with van der Waals surface area (Å²) in [6, 6.07) is 19.2. The van der Waals surface area contributed by atoms with Gasteiger partial charge in [-0.25, -0.2) is 4.39 Å². The molecule has 180 valence electrons. The number of ether oxygens (including phenoxy) is 2. The van der Waals surface area contributed by atoms with Gasteiger partial charge in [-0.15, -0.1) is 5.06 Å². The lowest BCUT2D eigenvalue weighted by Gasteiger charge is -2.36. The van der Waals surface area contributed by atoms with E-state index in [1.807, 2.05) is 30.3 Å². The number of carbonyl (C=O) groups is 2. The molecule has 5 rings (SSSR count). The fourth-order valence-electron chi connectivity index (χ4n) is 4.41. The third kappa shape index (κ3) is 4.75. The van der Waals surface area contributed by atoms with Gasteiger partial charge in [0.1, 0.15) is 12.4 Å². The predicted octanol–water partition coefficient (Wildman–Crippen LogP) is 5.36. The fourth-order valence-corrected chi connectivity index (χ4v) is 5.31. The molecule has 2 amide bonds. The molecule has 2 aliphatic rings. The van der Waals surface area contributed by atoms with Crippen molar-refractivity contribution in [3.63, 3.8) is 0 Å². The molecular weight excluding hydrogens is 469 g/mol. The molecule has 0 N–H and O–H groups in total. The molecule has 2 heterocycles. The van der Waals surface area contributed by atoms with E-state index in [0.29, 0.717) is 37.2 Å². The van der Waals surface area contributed by atoms with Crippen molar-refractivity contribution >= 4 is 23.6 Å². The van der Waals surface area contributed by atoms with Crippen LogP contribution in [0.25, 0.3) is 0 Å². The van der Waals surface area contributed by atoms with Crippen LogP contribution in [0, 0.1) is 5.82 Å². The van der Waals surface area contributed by atoms with Gasteiger partial charge >= 0.3 is 0 Å². The lowest BCUT2D eigenvalue weighted by Crippen LogP contribution is -2.35. The third-order valence-electron chi connectivity index (χ3n) is 6.36. The molecule has 6 nitrogen and oxygen atoms in total. The Labute approximate surface area is 206 Å². The van der Waals surface area contributed by atoms with Gasteiger partial charge in [-0.05, 0) is 53.6 Å². The average Bonchev–Trinajstić information content (AvgIpc) is 3.13. The normalized spacial score (nSPS) is 17.0. The number of fused-ring (bicyclic) bond motifs is 1. The molecule has 0 aromatic heterocycles. The van der Waals surface area contributed by atoms with E-state index in [1.165, 1.54) is 17.8 Å². The molecule has 0 unspecified atom stereocenters. The Balaban J connectivity index is 1.25. The number of hydroxylamine groups is 2. The number of carbonyl (C=O) groups excluding carboxylic acids is 2. The van der Waals surface area contributed by atoms with Crippen molar-refractivity contribution < 1.29 is 28.3 Å². The van der Waals surface area contributed by atoms with E-state index in [4.69, 9.17) is 14.3 Å². The van der Waals surface area contributed by atoms with Crippen LogP contribution < -0.4 is 0 Å². The summed E-state index contributed by atoms with van der Waals surface area (Å²) in [5.74, 6) is -1.23. The van der Waals surface area contributed by atoms with Gasteiger partial charge in [0.15, 0.2) is 0 Å². The Bertz CT molecular complexity index is 1220. The van der Waals surface area contributed by atoms with Gasteiger partial charge in [0.2, 0.25) is 0 Å². The number of nitrogens with zero attached hydrogens (tertiary/aromatic N) is 1. The van der Waals surface area contributed by atoms with Gasteiger partial charge in [0.05, 0.1) is 16.7 Å². The predicted molar refractivity (Wildman–Crippen MR) is 127 cm³/mol. The monoisotopic (exact) mass is 493 g/mol. The summed E-state index contributed by atoms with van der Waals surface area (Å²) in [5, 5.41) is 0.809. The summed E-state index contributed by atoms with van der Waals surface area (Å²) >= 11 is 1.45. The first-order chi connectivity index (χ1) is 17.0. The number of benzene rings is 3. The topological polar surface area (TPSA) is 65.1 Å². The average molecular weight is 494 g/mol. The largest absolute Gasteiger partial charge is 0.381 e. The van der Waals surface area contributed by atoms with Crippen molar-refractivity contribution in [1.82, 2.24) is 5.06 Å². The highest BCUT2D eigenvalue weighted by atomic mass is 32.2. The molecule has 0 radical (unpaired) electrons. The second-order valence-electron chi connectivity index (χ2n) is 8.46. The Kier molecular flexibility index (Phi) is 6.71. The highest BCUT2D eigenvalue weighted by Crippen LogP contribution is 2.39. The molecule has 0 aliphatic carbocycles. The molecule has 35 heavy (non-hydrogen) atoms. The molecule has 1 saturated heterocycles. The zero-order valence-corrected chi connectivity index (χ0v) is 20.0. The van der Waals surface area contributed by atoms with E-state index in [2.05, 4.69) is 0 Å². The van der Waals surface area contributed by atoms with E-state index < -0.39 is 17.4 Å². The number of rotatable bonds is 7. The summed E-state index contributed by atoms with van der Waals surface area (Å²) in [7, 11) is 1.66. The minimum Gasteiger partial charge on any atom is -0.381 e. The maximum absolute atomic E-state index is 14.5. The van der Waals surface area contributed by atoms with Gasteiger partial charge in [-0.2, -0.15) is 0 Å². The maximum atomic E-state index is 14.5. The van der Waals surface area contributed by atoms with Gasteiger partial charge in [0.25, 0.3) is 11.8 Å². The van der Waals surface area contributed by atoms with E-state index in [-0.39, 0.29) is 12.4 Å². The highest BCUT2D eigenvalue weighted by molar-refractivity contribution is 7.99. The molecule has 8 heteroatoms. The minimum absolute atomic E-state index is 0.0684. The zero-order chi connectivity index (χ0) is 24.4. The van der Waals surface area contributed by atoms with Gasteiger partial charge in [-0.3, -0.25) is 14.4 Å². The summed E-state index contributed by atoms with van der Waals surface area (Å²) in [5.41, 5.74) is 1.76. The van der Waals surface area contributed by atoms with E-state index in [1.54, 1.807) is 37.4 Å². The van der Waals surface area contributed by atoms with Crippen LogP contribution in [-0.2, 0) is 26.5 Å². The maximum Gasteiger partial charge on any atom is 0.285 e. The molecule has 0 saturated carbocycles. The molecule has 0 spiro atoms. The molecule has 0 bridgehead atoms. The van der Waals surface area contributed by atoms with Crippen molar-refractivity contribution in [2.45, 2.75) is 34.8 Å². The second-order valence-corrected chi connectivity index (χ2v) is 9.60. The first kappa shape index (κ1) is 23.7. The van der Waals surface area contributed by atoms with Crippen molar-refractivity contribution in [3.05, 3.63) is 94.8 Å². The quantitative estimate of drug-likeness (QED) is 0.413. The lowest BCUT2D eigenvalue weighted by molar-refractivity contribution is -0.101. The van der Waals surface area contributed by atoms with Gasteiger partial charge in [0, 0.05) is 43.0 Å². The summed E-state index contributed by atoms with van der Waals surface area (Å²) < 4.78 is 25.8. The number of imide groups is 1. The van der Waals surface area contributed by atoms with Crippen molar-refractivity contribution in [1.29, 1.82) is 0 Å². The van der Waals surface area contributed by atoms with Crippen molar-refractivity contribution in [2.24, 2.45) is 0 Å². The van der Waals surface area contributed by atoms with Crippen LogP contribution >= 0.6 is 11.8 Å². The molecule has 0 atom stereocenters. The van der Waals surface area contributed by atoms with Crippen LogP contribution in [0.3, 0.4) is 0 Å². The lowest BCUT2D eigenvalue weighted by atomic mass is 9.86. The molecule has 3 aromatic rings. The Morgan fingerprint density at radius 3 is 2.23 bits per heavy atom. The first-order valence-corrected chi connectivity index (χ1v) is 12.1. The SMILES string of the molecule is COC1(c2cc(F)cc(Sc3ccc(CON4C(=O)c5ccccc5C4=O)cc3)c2)CCOCC1. The number of hydrogen-bond acceptors (Lipinski definition) is 6. The van der Waals surface area contributed by atoms with Crippen molar-refractivity contribution in [2.75, 3.05) is 20.3 Å². The number of methoxy groups -OCH3 is 1. The second kappa shape index (κ2) is 9.91. The van der Waals surface area contributed by atoms with E-state index >= 15 is 0 Å². The standard InChI is InChI=1S/C27H24FNO5S/c1-32-27(10-12-33-13-11-27)19-14-20(28)16-22(15-19)35-21-8-6-18(7-9-21)17-34-29-25(30)23-4-2-3-5-24(23)26(29)31/h2-9,14-16H,10-13,17H2,1H3. The molecular formula is C27H24FNO5S. The van der Waals surface area contributed by atoms with Crippen LogP contribution in [0.5, 0.6) is 0 Å². The fraction of sp³-hybridized carbons (Fsp3) is 0.259. The number of amides is 2. The summed E-state index contributed by atoms with van der Waals surface area (Å²) in [6.45, 7) is 1.23. The van der Waals surface area contributed by atoms with E-state index in [0.717, 1.165) is 26.0 Å². The van der Waals surface area contributed by atoms with Crippen LogP contribution in [0.15, 0.2) is 76.5 Å². The molecule has 1 fully saturated rings. The van der Waals surface area contributed by atoms with Crippen LogP contribution in [0.1, 0.15) is 44.7 Å². The Hall–Kier alpha value is -3.04.